The average Bonchev–Trinajstić information content (AvgIpc) is 3.00. The number of rotatable bonds is 3. The van der Waals surface area contributed by atoms with Gasteiger partial charge in [-0.15, -0.1) is 0 Å². The van der Waals surface area contributed by atoms with Crippen LogP contribution >= 0.6 is 0 Å². The van der Waals surface area contributed by atoms with Gasteiger partial charge in [-0.05, 0) is 32.1 Å². The Bertz CT molecular complexity index is 503. The maximum atomic E-state index is 12.9. The number of hydrogen-bond donors (Lipinski definition) is 1. The Morgan fingerprint density at radius 3 is 2.70 bits per heavy atom. The molecule has 110 valence electrons. The van der Waals surface area contributed by atoms with Crippen molar-refractivity contribution >= 4 is 11.8 Å². The SMILES string of the molecule is CCNc1nc(N2CC3CCC2C3)cc(C(F)(F)F)n1. The molecule has 2 unspecified atom stereocenters. The monoisotopic (exact) mass is 286 g/mol. The van der Waals surface area contributed by atoms with E-state index in [0.717, 1.165) is 25.5 Å². The molecule has 20 heavy (non-hydrogen) atoms. The number of aromatic nitrogens is 2. The summed E-state index contributed by atoms with van der Waals surface area (Å²) < 4.78 is 38.8. The van der Waals surface area contributed by atoms with Crippen molar-refractivity contribution in [2.24, 2.45) is 5.92 Å². The number of hydrogen-bond acceptors (Lipinski definition) is 4. The first kappa shape index (κ1) is 13.5. The molecule has 1 saturated heterocycles. The molecule has 3 rings (SSSR count). The second kappa shape index (κ2) is 4.79. The minimum Gasteiger partial charge on any atom is -0.354 e. The van der Waals surface area contributed by atoms with E-state index in [1.807, 2.05) is 4.90 Å². The molecule has 1 saturated carbocycles. The number of piperidine rings is 1. The van der Waals surface area contributed by atoms with Crippen LogP contribution in [-0.2, 0) is 6.18 Å². The normalized spacial score (nSPS) is 25.3. The lowest BCUT2D eigenvalue weighted by Gasteiger charge is -2.28. The lowest BCUT2D eigenvalue weighted by Crippen LogP contribution is -2.33. The predicted octanol–water partition coefficient (Wildman–Crippen LogP) is 2.92. The van der Waals surface area contributed by atoms with Gasteiger partial charge in [-0.25, -0.2) is 4.98 Å². The van der Waals surface area contributed by atoms with Crippen LogP contribution in [0.25, 0.3) is 0 Å². The van der Waals surface area contributed by atoms with E-state index in [2.05, 4.69) is 15.3 Å². The third-order valence-corrected chi connectivity index (χ3v) is 4.04. The van der Waals surface area contributed by atoms with Gasteiger partial charge in [0.25, 0.3) is 0 Å². The van der Waals surface area contributed by atoms with Gasteiger partial charge in [0.1, 0.15) is 5.82 Å². The zero-order valence-electron chi connectivity index (χ0n) is 11.2. The maximum absolute atomic E-state index is 12.9. The van der Waals surface area contributed by atoms with E-state index >= 15 is 0 Å². The van der Waals surface area contributed by atoms with Crippen LogP contribution in [0.1, 0.15) is 31.9 Å². The van der Waals surface area contributed by atoms with Crippen molar-refractivity contribution in [2.75, 3.05) is 23.3 Å². The Kier molecular flexibility index (Phi) is 3.22. The van der Waals surface area contributed by atoms with E-state index in [1.165, 1.54) is 6.42 Å². The van der Waals surface area contributed by atoms with E-state index in [9.17, 15) is 13.2 Å². The quantitative estimate of drug-likeness (QED) is 0.927. The molecule has 4 nitrogen and oxygen atoms in total. The summed E-state index contributed by atoms with van der Waals surface area (Å²) in [6.07, 6.45) is -1.15. The van der Waals surface area contributed by atoms with Gasteiger partial charge in [-0.2, -0.15) is 18.2 Å². The highest BCUT2D eigenvalue weighted by molar-refractivity contribution is 5.48. The number of fused-ring (bicyclic) bond motifs is 2. The molecule has 2 heterocycles. The molecule has 2 fully saturated rings. The second-order valence-electron chi connectivity index (χ2n) is 5.45. The van der Waals surface area contributed by atoms with Crippen LogP contribution in [-0.4, -0.2) is 29.1 Å². The van der Waals surface area contributed by atoms with Crippen molar-refractivity contribution in [1.82, 2.24) is 9.97 Å². The second-order valence-corrected chi connectivity index (χ2v) is 5.45. The molecular formula is C13H17F3N4. The number of anilines is 2. The summed E-state index contributed by atoms with van der Waals surface area (Å²) in [5.74, 6) is 1.06. The zero-order valence-corrected chi connectivity index (χ0v) is 11.2. The average molecular weight is 286 g/mol. The lowest BCUT2D eigenvalue weighted by atomic mass is 10.1. The van der Waals surface area contributed by atoms with Crippen molar-refractivity contribution in [3.63, 3.8) is 0 Å². The van der Waals surface area contributed by atoms with Gasteiger partial charge < -0.3 is 10.2 Å². The molecule has 1 aromatic heterocycles. The summed E-state index contributed by atoms with van der Waals surface area (Å²) in [5.41, 5.74) is -0.874. The summed E-state index contributed by atoms with van der Waals surface area (Å²) in [6.45, 7) is 3.11. The highest BCUT2D eigenvalue weighted by Gasteiger charge is 2.40. The van der Waals surface area contributed by atoms with Gasteiger partial charge in [0, 0.05) is 25.2 Å². The van der Waals surface area contributed by atoms with Crippen LogP contribution < -0.4 is 10.2 Å². The molecule has 0 aromatic carbocycles. The highest BCUT2D eigenvalue weighted by atomic mass is 19.4. The fraction of sp³-hybridized carbons (Fsp3) is 0.692. The Labute approximate surface area is 115 Å². The molecule has 0 radical (unpaired) electrons. The van der Waals surface area contributed by atoms with Crippen LogP contribution in [0, 0.1) is 5.92 Å². The van der Waals surface area contributed by atoms with Gasteiger partial charge in [0.05, 0.1) is 0 Å². The number of nitrogens with one attached hydrogen (secondary N) is 1. The van der Waals surface area contributed by atoms with Crippen molar-refractivity contribution in [3.05, 3.63) is 11.8 Å². The van der Waals surface area contributed by atoms with Gasteiger partial charge in [0.15, 0.2) is 5.69 Å². The van der Waals surface area contributed by atoms with Crippen molar-refractivity contribution in [3.8, 4) is 0 Å². The minimum absolute atomic E-state index is 0.0556. The van der Waals surface area contributed by atoms with Crippen LogP contribution in [0.4, 0.5) is 24.9 Å². The molecule has 1 aliphatic heterocycles. The van der Waals surface area contributed by atoms with Gasteiger partial charge in [-0.1, -0.05) is 0 Å². The van der Waals surface area contributed by atoms with Crippen LogP contribution in [0.15, 0.2) is 6.07 Å². The van der Waals surface area contributed by atoms with Gasteiger partial charge >= 0.3 is 6.18 Å². The standard InChI is InChI=1S/C13H17F3N4/c1-2-17-12-18-10(13(14,15)16)6-11(19-12)20-7-8-3-4-9(20)5-8/h6,8-9H,2-5,7H2,1H3,(H,17,18,19). The van der Waals surface area contributed by atoms with Crippen molar-refractivity contribution < 1.29 is 13.2 Å². The summed E-state index contributed by atoms with van der Waals surface area (Å²) in [6, 6.07) is 1.41. The molecule has 1 N–H and O–H groups in total. The highest BCUT2D eigenvalue weighted by Crippen LogP contribution is 2.40. The lowest BCUT2D eigenvalue weighted by molar-refractivity contribution is -0.141. The first-order valence-corrected chi connectivity index (χ1v) is 6.94. The van der Waals surface area contributed by atoms with E-state index in [1.54, 1.807) is 6.92 Å². The third kappa shape index (κ3) is 2.41. The molecule has 0 spiro atoms. The predicted molar refractivity (Wildman–Crippen MR) is 69.7 cm³/mol. The summed E-state index contributed by atoms with van der Waals surface area (Å²) in [4.78, 5) is 9.80. The summed E-state index contributed by atoms with van der Waals surface area (Å²) in [5, 5.41) is 2.78. The van der Waals surface area contributed by atoms with E-state index in [4.69, 9.17) is 0 Å². The van der Waals surface area contributed by atoms with E-state index < -0.39 is 11.9 Å². The summed E-state index contributed by atoms with van der Waals surface area (Å²) in [7, 11) is 0. The fourth-order valence-corrected chi connectivity index (χ4v) is 3.17. The third-order valence-electron chi connectivity index (χ3n) is 4.04. The Hall–Kier alpha value is -1.53. The van der Waals surface area contributed by atoms with E-state index in [-0.39, 0.29) is 5.95 Å². The minimum atomic E-state index is -4.44. The Balaban J connectivity index is 1.95. The van der Waals surface area contributed by atoms with Crippen LogP contribution in [0.3, 0.4) is 0 Å². The maximum Gasteiger partial charge on any atom is 0.433 e. The first-order chi connectivity index (χ1) is 9.47. The Morgan fingerprint density at radius 1 is 1.35 bits per heavy atom. The topological polar surface area (TPSA) is 41.1 Å². The number of alkyl halides is 3. The zero-order chi connectivity index (χ0) is 14.3. The summed E-state index contributed by atoms with van der Waals surface area (Å²) >= 11 is 0. The molecule has 0 amide bonds. The van der Waals surface area contributed by atoms with Gasteiger partial charge in [-0.3, -0.25) is 0 Å². The van der Waals surface area contributed by atoms with Gasteiger partial charge in [0.2, 0.25) is 5.95 Å². The molecule has 2 bridgehead atoms. The fourth-order valence-electron chi connectivity index (χ4n) is 3.17. The molecule has 2 aliphatic rings. The molecule has 2 atom stereocenters. The van der Waals surface area contributed by atoms with E-state index in [0.29, 0.717) is 24.3 Å². The molecular weight excluding hydrogens is 269 g/mol. The number of halogens is 3. The van der Waals surface area contributed by atoms with Crippen LogP contribution in [0.2, 0.25) is 0 Å². The largest absolute Gasteiger partial charge is 0.433 e. The molecule has 7 heteroatoms. The Morgan fingerprint density at radius 2 is 2.15 bits per heavy atom. The molecule has 1 aromatic rings. The smallest absolute Gasteiger partial charge is 0.354 e. The number of nitrogens with zero attached hydrogens (tertiary/aromatic N) is 3. The first-order valence-electron chi connectivity index (χ1n) is 6.94. The molecule has 1 aliphatic carbocycles. The van der Waals surface area contributed by atoms with Crippen LogP contribution in [0.5, 0.6) is 0 Å². The van der Waals surface area contributed by atoms with Crippen molar-refractivity contribution in [2.45, 2.75) is 38.4 Å². The van der Waals surface area contributed by atoms with Crippen molar-refractivity contribution in [1.29, 1.82) is 0 Å².